The fourth-order valence-corrected chi connectivity index (χ4v) is 5.26. The van der Waals surface area contributed by atoms with Crippen molar-refractivity contribution in [2.24, 2.45) is 17.3 Å². The number of carbonyl (C=O) groups excluding carboxylic acids is 1. The highest BCUT2D eigenvalue weighted by Gasteiger charge is 2.54. The Morgan fingerprint density at radius 1 is 1.38 bits per heavy atom. The number of para-hydroxylation sites is 1. The molecule has 3 fully saturated rings. The number of benzene rings is 1. The van der Waals surface area contributed by atoms with Crippen LogP contribution in [0.15, 0.2) is 24.3 Å². The van der Waals surface area contributed by atoms with Crippen molar-refractivity contribution in [3.63, 3.8) is 0 Å². The molecule has 1 heterocycles. The lowest BCUT2D eigenvalue weighted by Gasteiger charge is -2.57. The predicted molar refractivity (Wildman–Crippen MR) is 90.8 cm³/mol. The average Bonchev–Trinajstić information content (AvgIpc) is 2.54. The molecule has 1 amide bonds. The number of carboxylic acid groups (broad SMARTS) is 1. The molecule has 24 heavy (non-hydrogen) atoms. The molecule has 0 aromatic heterocycles. The van der Waals surface area contributed by atoms with Gasteiger partial charge in [-0.3, -0.25) is 9.59 Å². The maximum absolute atomic E-state index is 12.3. The summed E-state index contributed by atoms with van der Waals surface area (Å²) in [6, 6.07) is 8.04. The van der Waals surface area contributed by atoms with Gasteiger partial charge in [-0.15, -0.1) is 0 Å². The second-order valence-corrected chi connectivity index (χ2v) is 7.92. The quantitative estimate of drug-likeness (QED) is 0.876. The average molecular weight is 328 g/mol. The number of amides is 1. The van der Waals surface area contributed by atoms with Crippen LogP contribution in [0.1, 0.15) is 49.9 Å². The Bertz CT molecular complexity index is 704. The second kappa shape index (κ2) is 5.23. The molecule has 5 heteroatoms. The number of carboxylic acids is 1. The number of rotatable bonds is 2. The Morgan fingerprint density at radius 2 is 2.12 bits per heavy atom. The normalized spacial score (nSPS) is 37.8. The van der Waals surface area contributed by atoms with Crippen LogP contribution in [-0.2, 0) is 4.79 Å². The van der Waals surface area contributed by atoms with E-state index in [-0.39, 0.29) is 29.4 Å². The van der Waals surface area contributed by atoms with Gasteiger partial charge in [0, 0.05) is 6.04 Å². The number of anilines is 1. The highest BCUT2D eigenvalue weighted by molar-refractivity contribution is 6.02. The summed E-state index contributed by atoms with van der Waals surface area (Å²) < 4.78 is 0. The standard InChI is InChI=1S/C19H24N2O3/c1-11-20-17(22)13-5-3-4-6-15(13)21(11)16-10-19(2)8-7-12(16)9-14(19)18(23)24/h3-6,11-12,14,16H,7-10H2,1-2H3,(H,20,22)(H,23,24). The zero-order valence-electron chi connectivity index (χ0n) is 14.2. The van der Waals surface area contributed by atoms with E-state index in [4.69, 9.17) is 0 Å². The van der Waals surface area contributed by atoms with Gasteiger partial charge in [-0.2, -0.15) is 0 Å². The fourth-order valence-electron chi connectivity index (χ4n) is 5.26. The van der Waals surface area contributed by atoms with E-state index >= 15 is 0 Å². The molecule has 0 saturated heterocycles. The maximum Gasteiger partial charge on any atom is 0.307 e. The molecular weight excluding hydrogens is 304 g/mol. The van der Waals surface area contributed by atoms with Crippen molar-refractivity contribution in [2.75, 3.05) is 4.90 Å². The topological polar surface area (TPSA) is 69.6 Å². The number of aliphatic carboxylic acids is 1. The molecule has 3 aliphatic carbocycles. The smallest absolute Gasteiger partial charge is 0.307 e. The van der Waals surface area contributed by atoms with Crippen LogP contribution in [0.5, 0.6) is 0 Å². The van der Waals surface area contributed by atoms with E-state index < -0.39 is 5.97 Å². The molecule has 1 aliphatic heterocycles. The SMILES string of the molecule is CC1NC(=O)c2ccccc2N1C1CC2(C)CCC1CC2C(=O)O. The number of hydrogen-bond donors (Lipinski definition) is 2. The molecule has 5 atom stereocenters. The van der Waals surface area contributed by atoms with Gasteiger partial charge in [0.25, 0.3) is 5.91 Å². The van der Waals surface area contributed by atoms with Crippen molar-refractivity contribution in [2.45, 2.75) is 51.7 Å². The minimum Gasteiger partial charge on any atom is -0.481 e. The third-order valence-electron chi connectivity index (χ3n) is 6.53. The van der Waals surface area contributed by atoms with Crippen LogP contribution in [0, 0.1) is 17.3 Å². The van der Waals surface area contributed by atoms with Crippen molar-refractivity contribution < 1.29 is 14.7 Å². The van der Waals surface area contributed by atoms with Gasteiger partial charge >= 0.3 is 5.97 Å². The van der Waals surface area contributed by atoms with Gasteiger partial charge in [0.1, 0.15) is 0 Å². The van der Waals surface area contributed by atoms with Crippen LogP contribution >= 0.6 is 0 Å². The van der Waals surface area contributed by atoms with Crippen molar-refractivity contribution in [1.29, 1.82) is 0 Å². The summed E-state index contributed by atoms with van der Waals surface area (Å²) in [7, 11) is 0. The van der Waals surface area contributed by atoms with Gasteiger partial charge in [-0.1, -0.05) is 19.1 Å². The maximum atomic E-state index is 12.3. The minimum atomic E-state index is -0.652. The summed E-state index contributed by atoms with van der Waals surface area (Å²) in [5.41, 5.74) is 1.56. The van der Waals surface area contributed by atoms with Crippen LogP contribution in [0.25, 0.3) is 0 Å². The number of fused-ring (bicyclic) bond motifs is 4. The van der Waals surface area contributed by atoms with Crippen LogP contribution in [0.3, 0.4) is 0 Å². The van der Waals surface area contributed by atoms with E-state index in [9.17, 15) is 14.7 Å². The first-order chi connectivity index (χ1) is 11.4. The monoisotopic (exact) mass is 328 g/mol. The number of hydrogen-bond acceptors (Lipinski definition) is 3. The van der Waals surface area contributed by atoms with Crippen molar-refractivity contribution in [3.8, 4) is 0 Å². The Hall–Kier alpha value is -2.04. The summed E-state index contributed by atoms with van der Waals surface area (Å²) in [5, 5.41) is 12.7. The molecule has 1 aromatic carbocycles. The largest absolute Gasteiger partial charge is 0.481 e. The van der Waals surface area contributed by atoms with Gasteiger partial charge in [0.05, 0.1) is 23.3 Å². The van der Waals surface area contributed by atoms with E-state index in [1.54, 1.807) is 0 Å². The van der Waals surface area contributed by atoms with E-state index in [0.717, 1.165) is 36.9 Å². The third kappa shape index (κ3) is 2.14. The van der Waals surface area contributed by atoms with Gasteiger partial charge in [-0.05, 0) is 56.1 Å². The Balaban J connectivity index is 1.71. The molecular formula is C19H24N2O3. The van der Waals surface area contributed by atoms with Crippen LogP contribution in [0.2, 0.25) is 0 Å². The molecule has 2 N–H and O–H groups in total. The summed E-state index contributed by atoms with van der Waals surface area (Å²) in [6.07, 6.45) is 3.62. The first-order valence-electron chi connectivity index (χ1n) is 8.82. The first kappa shape index (κ1) is 15.5. The molecule has 5 unspecified atom stereocenters. The Kier molecular flexibility index (Phi) is 3.37. The summed E-state index contributed by atoms with van der Waals surface area (Å²) >= 11 is 0. The van der Waals surface area contributed by atoms with E-state index in [0.29, 0.717) is 5.92 Å². The van der Waals surface area contributed by atoms with Gasteiger partial charge < -0.3 is 15.3 Å². The number of nitrogens with zero attached hydrogens (tertiary/aromatic N) is 1. The molecule has 2 bridgehead atoms. The minimum absolute atomic E-state index is 0.0232. The molecule has 3 saturated carbocycles. The lowest BCUT2D eigenvalue weighted by molar-refractivity contribution is -0.153. The lowest BCUT2D eigenvalue weighted by atomic mass is 9.53. The molecule has 128 valence electrons. The number of carbonyl (C=O) groups is 2. The molecule has 5 rings (SSSR count). The van der Waals surface area contributed by atoms with E-state index in [1.165, 1.54) is 0 Å². The Labute approximate surface area is 142 Å². The molecule has 0 radical (unpaired) electrons. The van der Waals surface area contributed by atoms with Crippen molar-refractivity contribution in [3.05, 3.63) is 29.8 Å². The zero-order valence-corrected chi connectivity index (χ0v) is 14.2. The van der Waals surface area contributed by atoms with Crippen LogP contribution < -0.4 is 10.2 Å². The lowest BCUT2D eigenvalue weighted by Crippen LogP contribution is -2.62. The molecule has 5 nitrogen and oxygen atoms in total. The third-order valence-corrected chi connectivity index (χ3v) is 6.53. The summed E-state index contributed by atoms with van der Waals surface area (Å²) in [4.78, 5) is 26.3. The molecule has 0 spiro atoms. The van der Waals surface area contributed by atoms with Crippen LogP contribution in [0.4, 0.5) is 5.69 Å². The number of nitrogens with one attached hydrogen (secondary N) is 1. The molecule has 4 aliphatic rings. The van der Waals surface area contributed by atoms with E-state index in [1.807, 2.05) is 31.2 Å². The van der Waals surface area contributed by atoms with E-state index in [2.05, 4.69) is 17.1 Å². The second-order valence-electron chi connectivity index (χ2n) is 7.92. The summed E-state index contributed by atoms with van der Waals surface area (Å²) in [6.45, 7) is 4.15. The zero-order chi connectivity index (χ0) is 17.1. The fraction of sp³-hybridized carbons (Fsp3) is 0.579. The van der Waals surface area contributed by atoms with Gasteiger partial charge in [0.15, 0.2) is 0 Å². The van der Waals surface area contributed by atoms with Gasteiger partial charge in [-0.25, -0.2) is 0 Å². The predicted octanol–water partition coefficient (Wildman–Crippen LogP) is 2.86. The highest BCUT2D eigenvalue weighted by Crippen LogP contribution is 2.55. The highest BCUT2D eigenvalue weighted by atomic mass is 16.4. The molecule has 1 aromatic rings. The first-order valence-corrected chi connectivity index (χ1v) is 8.82. The summed E-state index contributed by atoms with van der Waals surface area (Å²) in [5.74, 6) is -0.540. The van der Waals surface area contributed by atoms with Crippen molar-refractivity contribution >= 4 is 17.6 Å². The van der Waals surface area contributed by atoms with Crippen molar-refractivity contribution in [1.82, 2.24) is 5.32 Å². The van der Waals surface area contributed by atoms with Crippen LogP contribution in [-0.4, -0.2) is 29.2 Å². The Morgan fingerprint density at radius 3 is 2.83 bits per heavy atom. The van der Waals surface area contributed by atoms with Gasteiger partial charge in [0.2, 0.25) is 0 Å².